The average Bonchev–Trinajstić information content (AvgIpc) is 1.52. The first kappa shape index (κ1) is 74.5. The molecule has 22 rings (SSSR count). The predicted molar refractivity (Wildman–Crippen MR) is 518 cm³/mol. The van der Waals surface area contributed by atoms with Crippen LogP contribution in [-0.2, 0) is 0 Å². The summed E-state index contributed by atoms with van der Waals surface area (Å²) in [6, 6.07) is 170. The normalized spacial score (nSPS) is 12.5. The average molecular weight is 1640 g/mol. The molecule has 0 N–H and O–H groups in total. The van der Waals surface area contributed by atoms with E-state index in [0.717, 1.165) is 113 Å². The molecule has 580 valence electrons. The van der Waals surface area contributed by atoms with Gasteiger partial charge in [0, 0.05) is 50.3 Å². The van der Waals surface area contributed by atoms with E-state index in [9.17, 15) is 0 Å². The molecule has 0 spiro atoms. The van der Waals surface area contributed by atoms with Crippen LogP contribution in [0, 0.1) is 0 Å². The van der Waals surface area contributed by atoms with Gasteiger partial charge >= 0.3 is 308 Å². The number of fused-ring (bicyclic) bond motifs is 10. The van der Waals surface area contributed by atoms with Crippen LogP contribution in [0.4, 0.5) is 68.2 Å². The zero-order valence-corrected chi connectivity index (χ0v) is 70.7. The summed E-state index contributed by atoms with van der Waals surface area (Å²) >= 11 is -2.69. The molecule has 4 heterocycles. The van der Waals surface area contributed by atoms with Crippen LogP contribution >= 0.6 is 0 Å². The van der Waals surface area contributed by atoms with Gasteiger partial charge in [-0.1, -0.05) is 200 Å². The van der Waals surface area contributed by atoms with Crippen molar-refractivity contribution in [2.75, 3.05) is 19.6 Å². The minimum atomic E-state index is -2.89. The van der Waals surface area contributed by atoms with Crippen molar-refractivity contribution in [3.63, 3.8) is 0 Å². The second kappa shape index (κ2) is 32.0. The van der Waals surface area contributed by atoms with Gasteiger partial charge in [-0.25, -0.2) is 0 Å². The zero-order valence-electron chi connectivity index (χ0n) is 67.6. The monoisotopic (exact) mass is 1640 g/mol. The zero-order chi connectivity index (χ0) is 81.5. The Labute approximate surface area is 716 Å². The number of furan rings is 2. The van der Waals surface area contributed by atoms with Crippen LogP contribution in [0.3, 0.4) is 0 Å². The maximum absolute atomic E-state index is 7.14. The standard InChI is InChI=1S/C62H44N2OSi.C52H40GeN2O/c1-7-19-49(20-8-1)63(50-21-9-2-10-22-50)53-37-31-45(32-38-53)47-35-41-59-57(43-47)62-61(65-59)58-44-48(36-42-60(58)66(62,55-27-15-5-16-28-55)56-29-17-6-18-30-56)46-33-39-54(40-34-46)64(51-23-11-3-12-24-51)52-25-13-4-14-26-52;1-53(2)49-33-27-39(37-23-29-45(30-24-37)54(41-15-7-3-8-16-41)42-17-9-4-10-18-42)35-47(49)52-51(53)48-36-40(28-34-50(48)56-52)38-25-31-46(32-26-38)55(43-19-11-5-12-20-43)44-21-13-6-14-22-44/h1-44H;3-36H,1-2H3. The number of benzene rings is 18. The van der Waals surface area contributed by atoms with Crippen LogP contribution < -0.4 is 49.1 Å². The molecule has 0 bridgehead atoms. The summed E-state index contributed by atoms with van der Waals surface area (Å²) in [6.45, 7) is 0. The summed E-state index contributed by atoms with van der Waals surface area (Å²) in [5.41, 5.74) is 27.2. The van der Waals surface area contributed by atoms with E-state index in [-0.39, 0.29) is 0 Å². The van der Waals surface area contributed by atoms with Gasteiger partial charge in [-0.2, -0.15) is 0 Å². The maximum Gasteiger partial charge on any atom is 0.185 e. The third-order valence-corrected chi connectivity index (χ3v) is 36.6. The Morgan fingerprint density at radius 3 is 0.787 bits per heavy atom. The summed E-state index contributed by atoms with van der Waals surface area (Å²) in [4.78, 5) is 9.21. The van der Waals surface area contributed by atoms with Gasteiger partial charge in [0.1, 0.15) is 11.3 Å². The molecule has 0 atom stereocenters. The smallest absolute Gasteiger partial charge is 0.185 e. The van der Waals surface area contributed by atoms with Crippen LogP contribution in [0.1, 0.15) is 0 Å². The van der Waals surface area contributed by atoms with Crippen molar-refractivity contribution in [3.8, 4) is 67.2 Å². The van der Waals surface area contributed by atoms with E-state index in [4.69, 9.17) is 8.83 Å². The van der Waals surface area contributed by atoms with Crippen LogP contribution in [0.25, 0.3) is 89.1 Å². The van der Waals surface area contributed by atoms with Gasteiger partial charge in [0.15, 0.2) is 8.07 Å². The van der Waals surface area contributed by atoms with E-state index >= 15 is 0 Å². The van der Waals surface area contributed by atoms with Crippen molar-refractivity contribution in [2.45, 2.75) is 11.5 Å². The minimum absolute atomic E-state index is 0.908. The van der Waals surface area contributed by atoms with Gasteiger partial charge in [0.2, 0.25) is 0 Å². The number of nitrogens with zero attached hydrogens (tertiary/aromatic N) is 4. The molecule has 18 aromatic carbocycles. The molecule has 6 nitrogen and oxygen atoms in total. The quantitative estimate of drug-likeness (QED) is 0.0798. The molecule has 8 heteroatoms. The third kappa shape index (κ3) is 13.6. The molecule has 0 fully saturated rings. The summed E-state index contributed by atoms with van der Waals surface area (Å²) in [5, 5.41) is 7.78. The van der Waals surface area contributed by atoms with Crippen LogP contribution in [0.15, 0.2) is 482 Å². The molecule has 0 radical (unpaired) electrons. The molecule has 0 aliphatic carbocycles. The van der Waals surface area contributed by atoms with Crippen LogP contribution in [-0.4, -0.2) is 21.3 Å². The van der Waals surface area contributed by atoms with Gasteiger partial charge < -0.3 is 14.2 Å². The molecule has 2 aliphatic heterocycles. The maximum atomic E-state index is 7.14. The first-order chi connectivity index (χ1) is 60.3. The molecule has 2 aliphatic rings. The number of hydrogen-bond acceptors (Lipinski definition) is 6. The summed E-state index contributed by atoms with van der Waals surface area (Å²) in [7, 11) is -2.89. The second-order valence-electron chi connectivity index (χ2n) is 31.9. The van der Waals surface area contributed by atoms with Crippen molar-refractivity contribution in [2.24, 2.45) is 0 Å². The predicted octanol–water partition coefficient (Wildman–Crippen LogP) is 27.6. The molecule has 0 unspecified atom stereocenters. The molecule has 2 aromatic heterocycles. The Morgan fingerprint density at radius 1 is 0.213 bits per heavy atom. The molecular weight excluding hydrogens is 1560 g/mol. The van der Waals surface area contributed by atoms with E-state index < -0.39 is 21.3 Å². The molecule has 0 amide bonds. The fraction of sp³-hybridized carbons (Fsp3) is 0.0175. The SMILES string of the molecule is [CH3][Ge]1([CH3])[c]2ccc(-c3ccc(N(c4ccccc4)c4ccccc4)cc3)cc2-c2oc3ccc(-c4ccc(N(c5ccccc5)c5ccccc5)cc4)cc3[c]21.c1ccc(N(c2ccccc2)c2ccc(-c3ccc4c(c3)-c3oc5ccc(-c6ccc(N(c7ccccc7)c7ccccc7)cc6)cc5c3[Si]4(c3ccccc3)c3ccccc3)cc2)cc1. The van der Waals surface area contributed by atoms with Gasteiger partial charge in [-0.05, 0) is 129 Å². The van der Waals surface area contributed by atoms with Crippen molar-refractivity contribution >= 4 is 141 Å². The van der Waals surface area contributed by atoms with E-state index in [1.807, 2.05) is 0 Å². The van der Waals surface area contributed by atoms with Gasteiger partial charge in [-0.15, -0.1) is 0 Å². The Hall–Kier alpha value is -15.0. The number of hydrogen-bond donors (Lipinski definition) is 0. The number of para-hydroxylation sites is 8. The Kier molecular flexibility index (Phi) is 19.6. The third-order valence-electron chi connectivity index (χ3n) is 24.3. The van der Waals surface area contributed by atoms with Crippen molar-refractivity contribution < 1.29 is 8.83 Å². The van der Waals surface area contributed by atoms with Crippen LogP contribution in [0.5, 0.6) is 0 Å². The molecule has 0 saturated heterocycles. The number of rotatable bonds is 18. The van der Waals surface area contributed by atoms with Crippen molar-refractivity contribution in [3.05, 3.63) is 473 Å². The van der Waals surface area contributed by atoms with Gasteiger partial charge in [-0.3, -0.25) is 0 Å². The van der Waals surface area contributed by atoms with E-state index in [2.05, 4.69) is 504 Å². The Morgan fingerprint density at radius 2 is 0.459 bits per heavy atom. The minimum Gasteiger partial charge on any atom is -0.456 e. The van der Waals surface area contributed by atoms with E-state index in [1.54, 1.807) is 0 Å². The van der Waals surface area contributed by atoms with Crippen molar-refractivity contribution in [1.82, 2.24) is 0 Å². The largest absolute Gasteiger partial charge is 0.456 e. The van der Waals surface area contributed by atoms with Crippen LogP contribution in [0.2, 0.25) is 11.5 Å². The van der Waals surface area contributed by atoms with Gasteiger partial charge in [0.25, 0.3) is 0 Å². The Balaban J connectivity index is 0.000000152. The van der Waals surface area contributed by atoms with E-state index in [0.29, 0.717) is 0 Å². The first-order valence-electron chi connectivity index (χ1n) is 41.8. The fourth-order valence-electron chi connectivity index (χ4n) is 18.7. The molecule has 20 aromatic rings. The topological polar surface area (TPSA) is 39.2 Å². The fourth-order valence-corrected chi connectivity index (χ4v) is 30.7. The first-order valence-corrected chi connectivity index (χ1v) is 50.1. The summed E-state index contributed by atoms with van der Waals surface area (Å²) in [5.74, 6) is 7.07. The van der Waals surface area contributed by atoms with Crippen molar-refractivity contribution in [1.29, 1.82) is 0 Å². The molecular formula is C114H84GeN4O2Si. The second-order valence-corrected chi connectivity index (χ2v) is 44.6. The van der Waals surface area contributed by atoms with Gasteiger partial charge in [0.05, 0.1) is 0 Å². The molecule has 0 saturated carbocycles. The Bertz CT molecular complexity index is 6890. The summed E-state index contributed by atoms with van der Waals surface area (Å²) < 4.78 is 16.8. The van der Waals surface area contributed by atoms with E-state index in [1.165, 1.54) is 73.7 Å². The summed E-state index contributed by atoms with van der Waals surface area (Å²) in [6.07, 6.45) is 0. The number of anilines is 12. The molecule has 122 heavy (non-hydrogen) atoms.